The molecular formula is C10H12N4O3S. The zero-order valence-electron chi connectivity index (χ0n) is 9.94. The van der Waals surface area contributed by atoms with Gasteiger partial charge in [-0.05, 0) is 29.8 Å². The van der Waals surface area contributed by atoms with Crippen molar-refractivity contribution in [1.29, 1.82) is 0 Å². The maximum atomic E-state index is 10.8. The van der Waals surface area contributed by atoms with Gasteiger partial charge in [0.25, 0.3) is 10.1 Å². The molecule has 2 rings (SSSR count). The van der Waals surface area contributed by atoms with Crippen LogP contribution < -0.4 is 0 Å². The highest BCUT2D eigenvalue weighted by molar-refractivity contribution is 7.85. The number of tetrazole rings is 1. The number of hydrogen-bond donors (Lipinski definition) is 0. The summed E-state index contributed by atoms with van der Waals surface area (Å²) in [7, 11) is -3.50. The number of rotatable bonds is 4. The maximum absolute atomic E-state index is 10.8. The molecule has 0 aliphatic carbocycles. The maximum Gasteiger partial charge on any atom is 0.264 e. The summed E-state index contributed by atoms with van der Waals surface area (Å²) in [6, 6.07) is 7.55. The molecule has 0 saturated carbocycles. The average molecular weight is 268 g/mol. The van der Waals surface area contributed by atoms with E-state index in [1.54, 1.807) is 0 Å². The molecular weight excluding hydrogens is 256 g/mol. The number of benzene rings is 1. The molecule has 8 heteroatoms. The SMILES string of the molecule is Cc1cccc(-n2nnc(COS(C)(=O)=O)n2)c1. The third-order valence-electron chi connectivity index (χ3n) is 2.09. The fourth-order valence-electron chi connectivity index (χ4n) is 1.32. The summed E-state index contributed by atoms with van der Waals surface area (Å²) < 4.78 is 26.2. The quantitative estimate of drug-likeness (QED) is 0.748. The van der Waals surface area contributed by atoms with Crippen molar-refractivity contribution in [3.8, 4) is 5.69 Å². The molecule has 0 saturated heterocycles. The van der Waals surface area contributed by atoms with Gasteiger partial charge >= 0.3 is 0 Å². The Morgan fingerprint density at radius 1 is 1.39 bits per heavy atom. The highest BCUT2D eigenvalue weighted by Gasteiger charge is 2.08. The van der Waals surface area contributed by atoms with E-state index in [0.717, 1.165) is 17.5 Å². The Bertz CT molecular complexity index is 651. The summed E-state index contributed by atoms with van der Waals surface area (Å²) in [6.45, 7) is 1.73. The van der Waals surface area contributed by atoms with Gasteiger partial charge in [-0.25, -0.2) is 0 Å². The van der Waals surface area contributed by atoms with Crippen LogP contribution in [0.25, 0.3) is 5.69 Å². The van der Waals surface area contributed by atoms with Crippen molar-refractivity contribution in [2.75, 3.05) is 6.26 Å². The standard InChI is InChI=1S/C10H12N4O3S/c1-8-4-3-5-9(6-8)14-12-10(11-13-14)7-17-18(2,15)16/h3-6H,7H2,1-2H3. The molecule has 1 aromatic heterocycles. The van der Waals surface area contributed by atoms with Crippen molar-refractivity contribution < 1.29 is 12.6 Å². The summed E-state index contributed by atoms with van der Waals surface area (Å²) in [5.74, 6) is 0.210. The molecule has 0 fully saturated rings. The second-order valence-electron chi connectivity index (χ2n) is 3.80. The van der Waals surface area contributed by atoms with Gasteiger partial charge < -0.3 is 0 Å². The lowest BCUT2D eigenvalue weighted by molar-refractivity contribution is 0.302. The van der Waals surface area contributed by atoms with Crippen LogP contribution in [0.15, 0.2) is 24.3 Å². The van der Waals surface area contributed by atoms with Gasteiger partial charge in [-0.1, -0.05) is 12.1 Å². The Morgan fingerprint density at radius 2 is 2.17 bits per heavy atom. The van der Waals surface area contributed by atoms with E-state index in [2.05, 4.69) is 19.6 Å². The van der Waals surface area contributed by atoms with Crippen molar-refractivity contribution in [1.82, 2.24) is 20.2 Å². The van der Waals surface area contributed by atoms with E-state index < -0.39 is 10.1 Å². The van der Waals surface area contributed by atoms with Crippen molar-refractivity contribution in [3.05, 3.63) is 35.7 Å². The molecule has 0 radical (unpaired) electrons. The van der Waals surface area contributed by atoms with E-state index in [0.29, 0.717) is 0 Å². The average Bonchev–Trinajstić information content (AvgIpc) is 2.74. The van der Waals surface area contributed by atoms with Crippen LogP contribution in [0.3, 0.4) is 0 Å². The molecule has 0 amide bonds. The van der Waals surface area contributed by atoms with E-state index >= 15 is 0 Å². The van der Waals surface area contributed by atoms with Crippen LogP contribution in [0.4, 0.5) is 0 Å². The summed E-state index contributed by atoms with van der Waals surface area (Å²) >= 11 is 0. The van der Waals surface area contributed by atoms with Crippen LogP contribution in [0.1, 0.15) is 11.4 Å². The summed E-state index contributed by atoms with van der Waals surface area (Å²) in [4.78, 5) is 1.33. The predicted octanol–water partition coefficient (Wildman–Crippen LogP) is 0.447. The normalized spacial score (nSPS) is 11.7. The third kappa shape index (κ3) is 3.34. The third-order valence-corrected chi connectivity index (χ3v) is 2.64. The molecule has 0 aliphatic heterocycles. The second kappa shape index (κ2) is 4.83. The highest BCUT2D eigenvalue weighted by atomic mass is 32.2. The van der Waals surface area contributed by atoms with Gasteiger partial charge in [0.2, 0.25) is 5.82 Å². The topological polar surface area (TPSA) is 87.0 Å². The van der Waals surface area contributed by atoms with Crippen LogP contribution in [-0.4, -0.2) is 34.9 Å². The first-order valence-corrected chi connectivity index (χ1v) is 6.96. The fraction of sp³-hybridized carbons (Fsp3) is 0.300. The minimum absolute atomic E-state index is 0.210. The van der Waals surface area contributed by atoms with E-state index in [4.69, 9.17) is 0 Å². The number of nitrogens with zero attached hydrogens (tertiary/aromatic N) is 4. The first kappa shape index (κ1) is 12.7. The number of hydrogen-bond acceptors (Lipinski definition) is 6. The molecule has 0 atom stereocenters. The Hall–Kier alpha value is -1.80. The summed E-state index contributed by atoms with van der Waals surface area (Å²) in [5.41, 5.74) is 1.83. The number of aromatic nitrogens is 4. The highest BCUT2D eigenvalue weighted by Crippen LogP contribution is 2.07. The molecule has 0 unspecified atom stereocenters. The van der Waals surface area contributed by atoms with E-state index in [1.807, 2.05) is 31.2 Å². The van der Waals surface area contributed by atoms with Crippen LogP contribution in [0.2, 0.25) is 0 Å². The van der Waals surface area contributed by atoms with E-state index in [-0.39, 0.29) is 12.4 Å². The Balaban J connectivity index is 2.16. The minimum atomic E-state index is -3.50. The molecule has 7 nitrogen and oxygen atoms in total. The molecule has 18 heavy (non-hydrogen) atoms. The number of aryl methyl sites for hydroxylation is 1. The molecule has 2 aromatic rings. The Labute approximate surface area is 105 Å². The monoisotopic (exact) mass is 268 g/mol. The van der Waals surface area contributed by atoms with Crippen LogP contribution >= 0.6 is 0 Å². The molecule has 0 bridgehead atoms. The van der Waals surface area contributed by atoms with E-state index in [9.17, 15) is 8.42 Å². The van der Waals surface area contributed by atoms with Gasteiger partial charge in [-0.2, -0.15) is 8.42 Å². The van der Waals surface area contributed by atoms with Gasteiger partial charge in [0.05, 0.1) is 11.9 Å². The van der Waals surface area contributed by atoms with Gasteiger partial charge in [0.15, 0.2) is 0 Å². The Morgan fingerprint density at radius 3 is 2.83 bits per heavy atom. The second-order valence-corrected chi connectivity index (χ2v) is 5.44. The summed E-state index contributed by atoms with van der Waals surface area (Å²) in [6.07, 6.45) is 0.970. The largest absolute Gasteiger partial charge is 0.264 e. The van der Waals surface area contributed by atoms with Crippen LogP contribution in [0, 0.1) is 6.92 Å². The van der Waals surface area contributed by atoms with Gasteiger partial charge in [-0.15, -0.1) is 15.0 Å². The first-order chi connectivity index (χ1) is 8.44. The molecule has 1 aromatic carbocycles. The zero-order valence-corrected chi connectivity index (χ0v) is 10.8. The van der Waals surface area contributed by atoms with Gasteiger partial charge in [0, 0.05) is 0 Å². The fourth-order valence-corrected chi connectivity index (χ4v) is 1.64. The minimum Gasteiger partial charge on any atom is -0.262 e. The van der Waals surface area contributed by atoms with Crippen molar-refractivity contribution >= 4 is 10.1 Å². The lowest BCUT2D eigenvalue weighted by Crippen LogP contribution is -2.04. The molecule has 96 valence electrons. The molecule has 0 spiro atoms. The van der Waals surface area contributed by atoms with Crippen molar-refractivity contribution in [2.45, 2.75) is 13.5 Å². The van der Waals surface area contributed by atoms with Crippen molar-refractivity contribution in [3.63, 3.8) is 0 Å². The molecule has 0 aliphatic rings. The lowest BCUT2D eigenvalue weighted by atomic mass is 10.2. The van der Waals surface area contributed by atoms with Crippen LogP contribution in [-0.2, 0) is 20.9 Å². The zero-order chi connectivity index (χ0) is 13.2. The predicted molar refractivity (Wildman–Crippen MR) is 63.5 cm³/mol. The van der Waals surface area contributed by atoms with Gasteiger partial charge in [0.1, 0.15) is 6.61 Å². The first-order valence-electron chi connectivity index (χ1n) is 5.14. The molecule has 1 heterocycles. The smallest absolute Gasteiger partial charge is 0.262 e. The van der Waals surface area contributed by atoms with Crippen LogP contribution in [0.5, 0.6) is 0 Å². The van der Waals surface area contributed by atoms with Gasteiger partial charge in [-0.3, -0.25) is 4.18 Å². The molecule has 0 N–H and O–H groups in total. The summed E-state index contributed by atoms with van der Waals surface area (Å²) in [5, 5.41) is 11.6. The lowest BCUT2D eigenvalue weighted by Gasteiger charge is -1.99. The van der Waals surface area contributed by atoms with Crippen molar-refractivity contribution in [2.24, 2.45) is 0 Å². The Kier molecular flexibility index (Phi) is 3.39. The van der Waals surface area contributed by atoms with E-state index in [1.165, 1.54) is 4.80 Å².